The molecule has 0 aromatic heterocycles. The van der Waals surface area contributed by atoms with Crippen LogP contribution in [0.25, 0.3) is 0 Å². The van der Waals surface area contributed by atoms with Crippen molar-refractivity contribution in [2.24, 2.45) is 0 Å². The van der Waals surface area contributed by atoms with Gasteiger partial charge in [0.15, 0.2) is 12.6 Å². The number of hydrogen-bond donors (Lipinski definition) is 0. The van der Waals surface area contributed by atoms with E-state index in [9.17, 15) is 19.2 Å². The minimum atomic E-state index is -0.212. The SMILES string of the molecule is CC.CN(C)C.CN1C(=O)c2ccccc2C1=O.O=Cc1ccccc1C=O. The molecule has 28 heavy (non-hydrogen) atoms. The summed E-state index contributed by atoms with van der Waals surface area (Å²) in [5, 5.41) is 0. The van der Waals surface area contributed by atoms with Gasteiger partial charge in [-0.1, -0.05) is 50.2 Å². The Balaban J connectivity index is 0.000000414. The van der Waals surface area contributed by atoms with Crippen LogP contribution < -0.4 is 0 Å². The molecule has 3 rings (SSSR count). The Morgan fingerprint density at radius 1 is 0.714 bits per heavy atom. The highest BCUT2D eigenvalue weighted by Gasteiger charge is 2.31. The number of carbonyl (C=O) groups is 4. The molecule has 0 spiro atoms. The van der Waals surface area contributed by atoms with Crippen LogP contribution in [0, 0.1) is 0 Å². The largest absolute Gasteiger partial charge is 0.312 e. The van der Waals surface area contributed by atoms with Crippen molar-refractivity contribution in [1.82, 2.24) is 9.80 Å². The third kappa shape index (κ3) is 7.25. The summed E-state index contributed by atoms with van der Waals surface area (Å²) in [5.41, 5.74) is 1.89. The quantitative estimate of drug-likeness (QED) is 0.586. The molecule has 1 aliphatic rings. The van der Waals surface area contributed by atoms with Gasteiger partial charge in [-0.05, 0) is 33.3 Å². The minimum Gasteiger partial charge on any atom is -0.312 e. The van der Waals surface area contributed by atoms with Crippen LogP contribution in [0.15, 0.2) is 48.5 Å². The molecule has 0 N–H and O–H groups in total. The van der Waals surface area contributed by atoms with Crippen LogP contribution in [0.3, 0.4) is 0 Å². The van der Waals surface area contributed by atoms with E-state index < -0.39 is 0 Å². The minimum absolute atomic E-state index is 0.212. The first kappa shape index (κ1) is 24.9. The van der Waals surface area contributed by atoms with Gasteiger partial charge < -0.3 is 4.90 Å². The molecule has 0 saturated carbocycles. The van der Waals surface area contributed by atoms with Crippen LogP contribution in [0.2, 0.25) is 0 Å². The lowest BCUT2D eigenvalue weighted by molar-refractivity contribution is 0.0692. The molecular weight excluding hydrogens is 356 g/mol. The van der Waals surface area contributed by atoms with Gasteiger partial charge in [0.25, 0.3) is 11.8 Å². The molecule has 0 atom stereocenters. The monoisotopic (exact) mass is 384 g/mol. The first-order valence-corrected chi connectivity index (χ1v) is 8.85. The van der Waals surface area contributed by atoms with Crippen molar-refractivity contribution < 1.29 is 19.2 Å². The van der Waals surface area contributed by atoms with Gasteiger partial charge in [0, 0.05) is 18.2 Å². The standard InChI is InChI=1S/C9H7NO2.C8H6O2.C3H9N.C2H6/c1-10-8(11)6-4-2-3-5-7(6)9(10)12;9-5-7-3-1-2-4-8(7)6-10;1-4(2)3;1-2/h2-5H,1H3;1-6H;1-3H3;1-2H3. The van der Waals surface area contributed by atoms with Crippen LogP contribution in [-0.4, -0.2) is 62.4 Å². The summed E-state index contributed by atoms with van der Waals surface area (Å²) in [5.74, 6) is -0.425. The molecule has 0 bridgehead atoms. The van der Waals surface area contributed by atoms with E-state index >= 15 is 0 Å². The van der Waals surface area contributed by atoms with E-state index in [-0.39, 0.29) is 11.8 Å². The first-order valence-electron chi connectivity index (χ1n) is 8.85. The van der Waals surface area contributed by atoms with Gasteiger partial charge in [-0.3, -0.25) is 24.1 Å². The van der Waals surface area contributed by atoms with Crippen LogP contribution in [0.4, 0.5) is 0 Å². The van der Waals surface area contributed by atoms with Crippen molar-refractivity contribution in [1.29, 1.82) is 0 Å². The van der Waals surface area contributed by atoms with Gasteiger partial charge in [0.2, 0.25) is 0 Å². The lowest BCUT2D eigenvalue weighted by atomic mass is 10.1. The summed E-state index contributed by atoms with van der Waals surface area (Å²) < 4.78 is 0. The van der Waals surface area contributed by atoms with E-state index in [0.717, 1.165) is 4.90 Å². The number of amides is 2. The van der Waals surface area contributed by atoms with E-state index in [4.69, 9.17) is 0 Å². The Hall–Kier alpha value is -3.12. The van der Waals surface area contributed by atoms with Gasteiger partial charge in [0.1, 0.15) is 0 Å². The topological polar surface area (TPSA) is 74.8 Å². The number of carbonyl (C=O) groups excluding carboxylic acids is 4. The molecule has 1 heterocycles. The molecule has 1 aliphatic heterocycles. The van der Waals surface area contributed by atoms with E-state index in [2.05, 4.69) is 0 Å². The van der Waals surface area contributed by atoms with Gasteiger partial charge in [0.05, 0.1) is 11.1 Å². The van der Waals surface area contributed by atoms with Gasteiger partial charge in [-0.2, -0.15) is 0 Å². The van der Waals surface area contributed by atoms with Crippen molar-refractivity contribution in [2.75, 3.05) is 28.2 Å². The fourth-order valence-corrected chi connectivity index (χ4v) is 2.04. The number of benzene rings is 2. The number of nitrogens with zero attached hydrogens (tertiary/aromatic N) is 2. The Kier molecular flexibility index (Phi) is 11.6. The third-order valence-corrected chi connectivity index (χ3v) is 3.25. The second-order valence-electron chi connectivity index (χ2n) is 5.92. The van der Waals surface area contributed by atoms with Gasteiger partial charge in [-0.15, -0.1) is 0 Å². The van der Waals surface area contributed by atoms with Crippen LogP contribution in [0.5, 0.6) is 0 Å². The maximum absolute atomic E-state index is 11.3. The maximum atomic E-state index is 11.3. The Morgan fingerprint density at radius 3 is 1.29 bits per heavy atom. The van der Waals surface area contributed by atoms with E-state index in [1.54, 1.807) is 48.5 Å². The van der Waals surface area contributed by atoms with Crippen molar-refractivity contribution in [3.05, 3.63) is 70.8 Å². The smallest absolute Gasteiger partial charge is 0.261 e. The second kappa shape index (κ2) is 13.1. The predicted molar refractivity (Wildman–Crippen MR) is 111 cm³/mol. The molecular formula is C22H28N2O4. The molecule has 0 fully saturated rings. The van der Waals surface area contributed by atoms with Crippen molar-refractivity contribution in [3.63, 3.8) is 0 Å². The van der Waals surface area contributed by atoms with Crippen molar-refractivity contribution >= 4 is 24.4 Å². The summed E-state index contributed by atoms with van der Waals surface area (Å²) in [6, 6.07) is 13.5. The highest BCUT2D eigenvalue weighted by atomic mass is 16.2. The number of hydrogen-bond acceptors (Lipinski definition) is 5. The Labute approximate surface area is 166 Å². The fraction of sp³-hybridized carbons (Fsp3) is 0.273. The molecule has 6 nitrogen and oxygen atoms in total. The normalized spacial score (nSPS) is 11.2. The van der Waals surface area contributed by atoms with Crippen LogP contribution in [-0.2, 0) is 0 Å². The highest BCUT2D eigenvalue weighted by molar-refractivity contribution is 6.21. The molecule has 0 unspecified atom stereocenters. The van der Waals surface area contributed by atoms with E-state index in [0.29, 0.717) is 34.8 Å². The maximum Gasteiger partial charge on any atom is 0.261 e. The molecule has 0 aliphatic carbocycles. The van der Waals surface area contributed by atoms with E-state index in [1.165, 1.54) is 7.05 Å². The molecule has 2 amide bonds. The second-order valence-corrected chi connectivity index (χ2v) is 5.92. The number of fused-ring (bicyclic) bond motifs is 1. The fourth-order valence-electron chi connectivity index (χ4n) is 2.04. The third-order valence-electron chi connectivity index (χ3n) is 3.25. The summed E-state index contributed by atoms with van der Waals surface area (Å²) in [6.07, 6.45) is 1.34. The molecule has 6 heteroatoms. The zero-order valence-corrected chi connectivity index (χ0v) is 17.3. The van der Waals surface area contributed by atoms with Crippen molar-refractivity contribution in [3.8, 4) is 0 Å². The van der Waals surface area contributed by atoms with Crippen molar-refractivity contribution in [2.45, 2.75) is 13.8 Å². The average molecular weight is 384 g/mol. The molecule has 0 saturated heterocycles. The Bertz CT molecular complexity index is 736. The molecule has 150 valence electrons. The Morgan fingerprint density at radius 2 is 1.00 bits per heavy atom. The van der Waals surface area contributed by atoms with Crippen LogP contribution >= 0.6 is 0 Å². The number of imide groups is 1. The summed E-state index contributed by atoms with van der Waals surface area (Å²) in [6.45, 7) is 4.00. The summed E-state index contributed by atoms with van der Waals surface area (Å²) >= 11 is 0. The highest BCUT2D eigenvalue weighted by Crippen LogP contribution is 2.20. The zero-order chi connectivity index (χ0) is 21.7. The lowest BCUT2D eigenvalue weighted by Crippen LogP contribution is -2.24. The average Bonchev–Trinajstić information content (AvgIpc) is 2.94. The van der Waals surface area contributed by atoms with Gasteiger partial charge in [-0.25, -0.2) is 0 Å². The summed E-state index contributed by atoms with van der Waals surface area (Å²) in [7, 11) is 7.49. The van der Waals surface area contributed by atoms with Gasteiger partial charge >= 0.3 is 0 Å². The number of rotatable bonds is 2. The zero-order valence-electron chi connectivity index (χ0n) is 17.3. The lowest BCUT2D eigenvalue weighted by Gasteiger charge is -2.02. The van der Waals surface area contributed by atoms with Crippen LogP contribution in [0.1, 0.15) is 55.3 Å². The first-order chi connectivity index (χ1) is 13.3. The van der Waals surface area contributed by atoms with E-state index in [1.807, 2.05) is 39.9 Å². The predicted octanol–water partition coefficient (Wildman–Crippen LogP) is 3.43. The number of aldehydes is 2. The summed E-state index contributed by atoms with van der Waals surface area (Å²) in [4.78, 5) is 46.2. The molecule has 0 radical (unpaired) electrons. The molecule has 2 aromatic rings. The molecule has 2 aromatic carbocycles.